The molecule has 0 radical (unpaired) electrons. The van der Waals surface area contributed by atoms with Crippen molar-refractivity contribution in [3.8, 4) is 0 Å². The molecule has 102 valence electrons. The van der Waals surface area contributed by atoms with Crippen LogP contribution in [-0.4, -0.2) is 21.4 Å². The quantitative estimate of drug-likeness (QED) is 0.845. The first-order valence-corrected chi connectivity index (χ1v) is 6.52. The summed E-state index contributed by atoms with van der Waals surface area (Å²) < 4.78 is 0. The molecule has 2 aromatic rings. The fraction of sp³-hybridized carbons (Fsp3) is 0.286. The van der Waals surface area contributed by atoms with Crippen LogP contribution in [0.2, 0.25) is 0 Å². The van der Waals surface area contributed by atoms with E-state index >= 15 is 0 Å². The van der Waals surface area contributed by atoms with E-state index in [9.17, 15) is 4.91 Å². The van der Waals surface area contributed by atoms with Crippen molar-refractivity contribution in [2.24, 2.45) is 0 Å². The molecule has 3 heterocycles. The van der Waals surface area contributed by atoms with E-state index in [2.05, 4.69) is 9.97 Å². The Balaban J connectivity index is 1.90. The summed E-state index contributed by atoms with van der Waals surface area (Å²) in [5.41, 5.74) is 8.51. The molecule has 1 aliphatic heterocycles. The second-order valence-corrected chi connectivity index (χ2v) is 4.90. The average Bonchev–Trinajstić information content (AvgIpc) is 2.81. The minimum atomic E-state index is -0.196. The third-order valence-corrected chi connectivity index (χ3v) is 3.62. The largest absolute Gasteiger partial charge is 0.384 e. The lowest BCUT2D eigenvalue weighted by Gasteiger charge is -2.09. The summed E-state index contributed by atoms with van der Waals surface area (Å²) in [7, 11) is 0. The van der Waals surface area contributed by atoms with Gasteiger partial charge < -0.3 is 5.73 Å². The number of nitrogen functional groups attached to an aromatic ring is 1. The molecule has 0 aromatic carbocycles. The maximum Gasteiger partial charge on any atom is 0.263 e. The summed E-state index contributed by atoms with van der Waals surface area (Å²) in [6.45, 7) is 2.66. The lowest BCUT2D eigenvalue weighted by Crippen LogP contribution is -2.27. The van der Waals surface area contributed by atoms with Crippen LogP contribution in [0.1, 0.15) is 23.6 Å². The summed E-state index contributed by atoms with van der Waals surface area (Å²) >= 11 is 0. The van der Waals surface area contributed by atoms with Gasteiger partial charge in [0.1, 0.15) is 16.4 Å². The Labute approximate surface area is 116 Å². The van der Waals surface area contributed by atoms with Crippen LogP contribution >= 0.6 is 0 Å². The molecule has 0 amide bonds. The zero-order valence-electron chi connectivity index (χ0n) is 11.2. The average molecular weight is 270 g/mol. The number of anilines is 2. The second kappa shape index (κ2) is 4.88. The van der Waals surface area contributed by atoms with Gasteiger partial charge in [0.05, 0.1) is 11.5 Å². The molecule has 1 saturated heterocycles. The third-order valence-electron chi connectivity index (χ3n) is 3.62. The van der Waals surface area contributed by atoms with Crippen molar-refractivity contribution >= 4 is 11.5 Å². The first-order chi connectivity index (χ1) is 9.66. The van der Waals surface area contributed by atoms with E-state index in [0.717, 1.165) is 28.1 Å². The van der Waals surface area contributed by atoms with Crippen LogP contribution in [0.5, 0.6) is 0 Å². The summed E-state index contributed by atoms with van der Waals surface area (Å²) in [6, 6.07) is 5.23. The molecule has 20 heavy (non-hydrogen) atoms. The predicted octanol–water partition coefficient (Wildman–Crippen LogP) is 2.01. The fourth-order valence-corrected chi connectivity index (χ4v) is 2.56. The maximum absolute atomic E-state index is 12.5. The number of aromatic nitrogens is 2. The summed E-state index contributed by atoms with van der Waals surface area (Å²) in [5, 5.41) is 1.69. The maximum atomic E-state index is 12.5. The first-order valence-electron chi connectivity index (χ1n) is 6.52. The van der Waals surface area contributed by atoms with E-state index in [0.29, 0.717) is 12.4 Å². The van der Waals surface area contributed by atoms with Crippen LogP contribution in [0.15, 0.2) is 36.8 Å². The Bertz CT molecular complexity index is 658. The van der Waals surface area contributed by atoms with Gasteiger partial charge in [0.15, 0.2) is 0 Å². The Morgan fingerprint density at radius 1 is 1.40 bits per heavy atom. The van der Waals surface area contributed by atoms with E-state index < -0.39 is 0 Å². The van der Waals surface area contributed by atoms with Gasteiger partial charge >= 0.3 is 0 Å². The van der Waals surface area contributed by atoms with E-state index in [1.165, 1.54) is 0 Å². The SMILES string of the molecule is Cc1ccncc1C1CCN(c2ccnc(N)c2)[N+]1=O. The van der Waals surface area contributed by atoms with E-state index in [1.54, 1.807) is 35.7 Å². The number of pyridine rings is 2. The lowest BCUT2D eigenvalue weighted by molar-refractivity contribution is -0.583. The van der Waals surface area contributed by atoms with Crippen LogP contribution in [0.3, 0.4) is 0 Å². The van der Waals surface area contributed by atoms with Gasteiger partial charge in [-0.3, -0.25) is 4.98 Å². The molecular formula is C14H16N5O+. The minimum Gasteiger partial charge on any atom is -0.384 e. The van der Waals surface area contributed by atoms with Crippen LogP contribution in [-0.2, 0) is 0 Å². The summed E-state index contributed by atoms with van der Waals surface area (Å²) in [5.74, 6) is 0.414. The van der Waals surface area contributed by atoms with Crippen molar-refractivity contribution in [3.63, 3.8) is 0 Å². The van der Waals surface area contributed by atoms with E-state index in [4.69, 9.17) is 5.73 Å². The minimum absolute atomic E-state index is 0.196. The van der Waals surface area contributed by atoms with Crippen LogP contribution in [0.25, 0.3) is 0 Å². The number of nitroso groups, excluding NO2 is 1. The standard InChI is InChI=1S/C14H16N5O/c1-10-2-5-16-9-12(10)13-4-7-18(19(13)20)11-3-6-17-14(15)8-11/h2-3,5-6,8-9,13H,4,7H2,1H3,(H2,15,17)/q+1. The van der Waals surface area contributed by atoms with Gasteiger partial charge in [0, 0.05) is 36.6 Å². The summed E-state index contributed by atoms with van der Waals surface area (Å²) in [4.78, 5) is 21.6. The Kier molecular flexibility index (Phi) is 3.06. The molecule has 3 rings (SSSR count). The zero-order chi connectivity index (χ0) is 14.1. The van der Waals surface area contributed by atoms with Crippen molar-refractivity contribution in [2.75, 3.05) is 17.3 Å². The molecule has 0 spiro atoms. The van der Waals surface area contributed by atoms with Gasteiger partial charge in [-0.05, 0) is 24.6 Å². The molecule has 1 atom stereocenters. The molecule has 1 aliphatic rings. The molecule has 2 N–H and O–H groups in total. The predicted molar refractivity (Wildman–Crippen MR) is 76.0 cm³/mol. The van der Waals surface area contributed by atoms with Gasteiger partial charge in [0.2, 0.25) is 0 Å². The third kappa shape index (κ3) is 2.09. The Morgan fingerprint density at radius 2 is 2.25 bits per heavy atom. The van der Waals surface area contributed by atoms with Gasteiger partial charge in [-0.15, -0.1) is 5.01 Å². The number of hydrazine groups is 1. The van der Waals surface area contributed by atoms with Gasteiger partial charge in [-0.25, -0.2) is 4.98 Å². The lowest BCUT2D eigenvalue weighted by atomic mass is 10.0. The summed E-state index contributed by atoms with van der Waals surface area (Å²) in [6.07, 6.45) is 5.89. The van der Waals surface area contributed by atoms with E-state index in [-0.39, 0.29) is 6.04 Å². The van der Waals surface area contributed by atoms with Crippen molar-refractivity contribution in [1.82, 2.24) is 9.97 Å². The normalized spacial score (nSPS) is 18.6. The molecule has 0 bridgehead atoms. The van der Waals surface area contributed by atoms with Gasteiger partial charge in [0.25, 0.3) is 6.04 Å². The molecule has 0 saturated carbocycles. The molecule has 6 heteroatoms. The zero-order valence-corrected chi connectivity index (χ0v) is 11.2. The fourth-order valence-electron chi connectivity index (χ4n) is 2.56. The van der Waals surface area contributed by atoms with Crippen molar-refractivity contribution in [1.29, 1.82) is 0 Å². The van der Waals surface area contributed by atoms with Crippen LogP contribution < -0.4 is 10.7 Å². The van der Waals surface area contributed by atoms with Crippen molar-refractivity contribution in [2.45, 2.75) is 19.4 Å². The second-order valence-electron chi connectivity index (χ2n) is 4.90. The molecular weight excluding hydrogens is 254 g/mol. The molecule has 1 fully saturated rings. The van der Waals surface area contributed by atoms with Crippen LogP contribution in [0.4, 0.5) is 11.5 Å². The highest BCUT2D eigenvalue weighted by Gasteiger charge is 2.42. The van der Waals surface area contributed by atoms with Crippen molar-refractivity contribution < 1.29 is 4.87 Å². The number of hydrogen-bond donors (Lipinski definition) is 1. The molecule has 0 aliphatic carbocycles. The monoisotopic (exact) mass is 270 g/mol. The van der Waals surface area contributed by atoms with Gasteiger partial charge in [-0.1, -0.05) is 0 Å². The highest BCUT2D eigenvalue weighted by atomic mass is 16.3. The highest BCUT2D eigenvalue weighted by molar-refractivity contribution is 5.50. The van der Waals surface area contributed by atoms with Crippen LogP contribution in [0, 0.1) is 11.8 Å². The number of nitrogens with zero attached hydrogens (tertiary/aromatic N) is 4. The van der Waals surface area contributed by atoms with E-state index in [1.807, 2.05) is 13.0 Å². The molecule has 2 aromatic heterocycles. The molecule has 1 unspecified atom stereocenters. The number of rotatable bonds is 2. The first kappa shape index (κ1) is 12.5. The Hall–Kier alpha value is -2.50. The van der Waals surface area contributed by atoms with Crippen molar-refractivity contribution in [3.05, 3.63) is 52.8 Å². The number of hydrogen-bond acceptors (Lipinski definition) is 4. The topological polar surface area (TPSA) is 75.1 Å². The van der Waals surface area contributed by atoms with Gasteiger partial charge in [-0.2, -0.15) is 0 Å². The number of nitrogens with two attached hydrogens (primary N) is 1. The Morgan fingerprint density at radius 3 is 3.00 bits per heavy atom. The highest BCUT2D eigenvalue weighted by Crippen LogP contribution is 2.32. The smallest absolute Gasteiger partial charge is 0.263 e. The molecule has 6 nitrogen and oxygen atoms in total. The number of aryl methyl sites for hydroxylation is 1.